The molecule has 0 saturated heterocycles. The molecule has 0 aliphatic rings. The number of carbonyl (C=O) groups is 1. The van der Waals surface area contributed by atoms with Crippen molar-refractivity contribution in [3.8, 4) is 0 Å². The van der Waals surface area contributed by atoms with Crippen molar-refractivity contribution in [2.75, 3.05) is 10.8 Å². The van der Waals surface area contributed by atoms with Gasteiger partial charge in [-0.05, 0) is 49.7 Å². The topological polar surface area (TPSA) is 78.8 Å². The maximum atomic E-state index is 13.4. The highest BCUT2D eigenvalue weighted by atomic mass is 35.5. The highest BCUT2D eigenvalue weighted by Crippen LogP contribution is 2.32. The lowest BCUT2D eigenvalue weighted by Gasteiger charge is -2.25. The van der Waals surface area contributed by atoms with Gasteiger partial charge in [0.05, 0.1) is 22.4 Å². The standard InChI is InChI=1S/C24H21ClF3N3O3S/c1-16-10-12-19(13-11-16)35(33,34)31(22-9-5-8-21(25)17(22)2)15-23(32)30-29-14-18-6-3-4-7-20(18)24(26,27)28/h3-14H,15H2,1-2H3,(H,30,32). The van der Waals surface area contributed by atoms with E-state index in [0.717, 1.165) is 22.1 Å². The van der Waals surface area contributed by atoms with Crippen molar-refractivity contribution in [3.05, 3.63) is 94.0 Å². The summed E-state index contributed by atoms with van der Waals surface area (Å²) in [7, 11) is -4.20. The van der Waals surface area contributed by atoms with Crippen LogP contribution >= 0.6 is 11.6 Å². The minimum absolute atomic E-state index is 0.0436. The fourth-order valence-electron chi connectivity index (χ4n) is 3.21. The molecule has 0 radical (unpaired) electrons. The number of rotatable bonds is 7. The number of anilines is 1. The number of nitrogens with one attached hydrogen (secondary N) is 1. The molecule has 0 spiro atoms. The third-order valence-electron chi connectivity index (χ3n) is 5.06. The molecule has 6 nitrogen and oxygen atoms in total. The number of nitrogens with zero attached hydrogens (tertiary/aromatic N) is 2. The molecule has 0 aliphatic heterocycles. The van der Waals surface area contributed by atoms with Crippen molar-refractivity contribution in [1.82, 2.24) is 5.43 Å². The van der Waals surface area contributed by atoms with E-state index in [1.54, 1.807) is 38.1 Å². The van der Waals surface area contributed by atoms with Crippen molar-refractivity contribution < 1.29 is 26.4 Å². The van der Waals surface area contributed by atoms with Crippen LogP contribution in [0.1, 0.15) is 22.3 Å². The van der Waals surface area contributed by atoms with Crippen LogP contribution in [0.15, 0.2) is 76.7 Å². The number of benzene rings is 3. The van der Waals surface area contributed by atoms with Crippen LogP contribution in [0, 0.1) is 13.8 Å². The van der Waals surface area contributed by atoms with Gasteiger partial charge in [0.15, 0.2) is 0 Å². The average Bonchev–Trinajstić information content (AvgIpc) is 2.79. The van der Waals surface area contributed by atoms with Gasteiger partial charge in [0.2, 0.25) is 0 Å². The summed E-state index contributed by atoms with van der Waals surface area (Å²) in [6.45, 7) is 2.73. The van der Waals surface area contributed by atoms with Crippen LogP contribution in [0.4, 0.5) is 18.9 Å². The average molecular weight is 524 g/mol. The van der Waals surface area contributed by atoms with Gasteiger partial charge in [0.25, 0.3) is 15.9 Å². The summed E-state index contributed by atoms with van der Waals surface area (Å²) in [6, 6.07) is 15.4. The van der Waals surface area contributed by atoms with Gasteiger partial charge >= 0.3 is 6.18 Å². The van der Waals surface area contributed by atoms with Crippen molar-refractivity contribution in [2.45, 2.75) is 24.9 Å². The molecule has 0 bridgehead atoms. The molecule has 3 aromatic rings. The first-order valence-corrected chi connectivity index (χ1v) is 12.1. The van der Waals surface area contributed by atoms with E-state index in [-0.39, 0.29) is 16.1 Å². The van der Waals surface area contributed by atoms with Crippen LogP contribution in [0.25, 0.3) is 0 Å². The molecule has 3 aromatic carbocycles. The van der Waals surface area contributed by atoms with E-state index in [1.807, 2.05) is 0 Å². The van der Waals surface area contributed by atoms with E-state index in [4.69, 9.17) is 11.6 Å². The number of halogens is 4. The van der Waals surface area contributed by atoms with Gasteiger partial charge in [0.1, 0.15) is 6.54 Å². The molecule has 3 rings (SSSR count). The third-order valence-corrected chi connectivity index (χ3v) is 7.25. The van der Waals surface area contributed by atoms with Gasteiger partial charge in [-0.1, -0.05) is 53.6 Å². The van der Waals surface area contributed by atoms with Crippen LogP contribution in [0.3, 0.4) is 0 Å². The molecule has 11 heteroatoms. The summed E-state index contributed by atoms with van der Waals surface area (Å²) in [5.74, 6) is -0.860. The second-order valence-electron chi connectivity index (χ2n) is 7.59. The monoisotopic (exact) mass is 523 g/mol. The van der Waals surface area contributed by atoms with E-state index < -0.39 is 34.2 Å². The SMILES string of the molecule is Cc1ccc(S(=O)(=O)N(CC(=O)NN=Cc2ccccc2C(F)(F)F)c2cccc(Cl)c2C)cc1. The lowest BCUT2D eigenvalue weighted by Crippen LogP contribution is -2.40. The van der Waals surface area contributed by atoms with Crippen LogP contribution in [0.2, 0.25) is 5.02 Å². The Morgan fingerprint density at radius 3 is 2.34 bits per heavy atom. The number of carbonyl (C=O) groups excluding carboxylic acids is 1. The molecule has 0 aliphatic carbocycles. The van der Waals surface area contributed by atoms with E-state index in [9.17, 15) is 26.4 Å². The van der Waals surface area contributed by atoms with Gasteiger partial charge in [0, 0.05) is 10.6 Å². The zero-order valence-corrected chi connectivity index (χ0v) is 20.2. The Kier molecular flexibility index (Phi) is 7.86. The van der Waals surface area contributed by atoms with E-state index in [0.29, 0.717) is 10.6 Å². The molecule has 0 fully saturated rings. The third kappa shape index (κ3) is 6.20. The second kappa shape index (κ2) is 10.5. The molecule has 35 heavy (non-hydrogen) atoms. The molecule has 0 unspecified atom stereocenters. The molecule has 184 valence electrons. The first-order valence-electron chi connectivity index (χ1n) is 10.2. The Bertz CT molecular complexity index is 1360. The van der Waals surface area contributed by atoms with Crippen LogP contribution in [-0.4, -0.2) is 27.1 Å². The number of amides is 1. The Labute approximate surface area is 206 Å². The predicted octanol–water partition coefficient (Wildman–Crippen LogP) is 5.32. The van der Waals surface area contributed by atoms with Crippen LogP contribution < -0.4 is 9.73 Å². The Morgan fingerprint density at radius 1 is 1.03 bits per heavy atom. The first-order chi connectivity index (χ1) is 16.4. The van der Waals surface area contributed by atoms with E-state index >= 15 is 0 Å². The van der Waals surface area contributed by atoms with Crippen molar-refractivity contribution in [2.24, 2.45) is 5.10 Å². The van der Waals surface area contributed by atoms with Gasteiger partial charge in [-0.2, -0.15) is 18.3 Å². The summed E-state index contributed by atoms with van der Waals surface area (Å²) < 4.78 is 67.2. The quantitative estimate of drug-likeness (QED) is 0.336. The fraction of sp³-hybridized carbons (Fsp3) is 0.167. The van der Waals surface area contributed by atoms with E-state index in [1.165, 1.54) is 36.4 Å². The summed E-state index contributed by atoms with van der Waals surface area (Å²) >= 11 is 6.18. The van der Waals surface area contributed by atoms with Crippen molar-refractivity contribution in [3.63, 3.8) is 0 Å². The van der Waals surface area contributed by atoms with E-state index in [2.05, 4.69) is 10.5 Å². The summed E-state index contributed by atoms with van der Waals surface area (Å²) in [5, 5.41) is 3.90. The van der Waals surface area contributed by atoms with Gasteiger partial charge in [-0.3, -0.25) is 9.10 Å². The maximum Gasteiger partial charge on any atom is 0.417 e. The Hall–Kier alpha value is -3.37. The maximum absolute atomic E-state index is 13.4. The predicted molar refractivity (Wildman–Crippen MR) is 129 cm³/mol. The van der Waals surface area contributed by atoms with Gasteiger partial charge in [-0.15, -0.1) is 0 Å². The number of hydrogen-bond donors (Lipinski definition) is 1. The van der Waals surface area contributed by atoms with Gasteiger partial charge in [-0.25, -0.2) is 13.8 Å². The smallest absolute Gasteiger partial charge is 0.271 e. The molecule has 0 heterocycles. The first kappa shape index (κ1) is 26.2. The van der Waals surface area contributed by atoms with Crippen LogP contribution in [0.5, 0.6) is 0 Å². The normalized spacial score (nSPS) is 12.1. The van der Waals surface area contributed by atoms with Crippen molar-refractivity contribution >= 4 is 39.4 Å². The second-order valence-corrected chi connectivity index (χ2v) is 9.86. The Balaban J connectivity index is 1.90. The number of hydrogen-bond acceptors (Lipinski definition) is 4. The highest BCUT2D eigenvalue weighted by Gasteiger charge is 2.32. The fourth-order valence-corrected chi connectivity index (χ4v) is 4.86. The largest absolute Gasteiger partial charge is 0.417 e. The number of hydrazone groups is 1. The van der Waals surface area contributed by atoms with Crippen molar-refractivity contribution in [1.29, 1.82) is 0 Å². The zero-order chi connectivity index (χ0) is 25.8. The molecule has 0 saturated carbocycles. The highest BCUT2D eigenvalue weighted by molar-refractivity contribution is 7.92. The number of aryl methyl sites for hydroxylation is 1. The molecule has 0 aromatic heterocycles. The minimum atomic E-state index is -4.60. The summed E-state index contributed by atoms with van der Waals surface area (Å²) in [5.41, 5.74) is 2.38. The summed E-state index contributed by atoms with van der Waals surface area (Å²) in [4.78, 5) is 12.6. The minimum Gasteiger partial charge on any atom is -0.271 e. The molecule has 1 N–H and O–H groups in total. The zero-order valence-electron chi connectivity index (χ0n) is 18.7. The molecular weight excluding hydrogens is 503 g/mol. The number of sulfonamides is 1. The number of alkyl halides is 3. The lowest BCUT2D eigenvalue weighted by atomic mass is 10.1. The molecular formula is C24H21ClF3N3O3S. The Morgan fingerprint density at radius 2 is 1.69 bits per heavy atom. The summed E-state index contributed by atoms with van der Waals surface area (Å²) in [6.07, 6.45) is -3.75. The van der Waals surface area contributed by atoms with Crippen LogP contribution in [-0.2, 0) is 21.0 Å². The lowest BCUT2D eigenvalue weighted by molar-refractivity contribution is -0.137. The molecule has 1 amide bonds. The molecule has 0 atom stereocenters. The van der Waals surface area contributed by atoms with Gasteiger partial charge < -0.3 is 0 Å².